The van der Waals surface area contributed by atoms with Gasteiger partial charge in [-0.05, 0) is 13.0 Å². The molecule has 3 nitrogen and oxygen atoms in total. The molecule has 0 aromatic heterocycles. The van der Waals surface area contributed by atoms with Crippen LogP contribution in [0.15, 0.2) is 12.2 Å². The van der Waals surface area contributed by atoms with E-state index in [0.29, 0.717) is 0 Å². The maximum Gasteiger partial charge on any atom is 0.411 e. The monoisotopic (exact) mass is 211 g/mol. The van der Waals surface area contributed by atoms with Gasteiger partial charge >= 0.3 is 6.18 Å². The molecule has 0 atom stereocenters. The molecule has 0 radical (unpaired) electrons. The van der Waals surface area contributed by atoms with Gasteiger partial charge in [0.2, 0.25) is 5.91 Å². The van der Waals surface area contributed by atoms with E-state index in [-0.39, 0.29) is 19.1 Å². The zero-order valence-electron chi connectivity index (χ0n) is 7.73. The third kappa shape index (κ3) is 9.05. The maximum atomic E-state index is 11.5. The van der Waals surface area contributed by atoms with Crippen molar-refractivity contribution >= 4 is 5.91 Å². The van der Waals surface area contributed by atoms with Crippen LogP contribution in [0.25, 0.3) is 0 Å². The number of carbonyl (C=O) groups is 1. The standard InChI is InChI=1S/C8H12F3NO2/c1-2-3-7(13)12-4-5-14-6-8(9,10)11/h2-3H,4-6H2,1H3,(H,12,13). The van der Waals surface area contributed by atoms with Crippen LogP contribution in [0.4, 0.5) is 13.2 Å². The molecule has 0 aromatic rings. The lowest BCUT2D eigenvalue weighted by molar-refractivity contribution is -0.173. The number of alkyl halides is 3. The minimum Gasteiger partial charge on any atom is -0.370 e. The van der Waals surface area contributed by atoms with Crippen molar-refractivity contribution in [1.29, 1.82) is 0 Å². The Balaban J connectivity index is 3.35. The molecule has 0 heterocycles. The second-order valence-corrected chi connectivity index (χ2v) is 2.46. The first-order valence-electron chi connectivity index (χ1n) is 4.00. The van der Waals surface area contributed by atoms with Gasteiger partial charge in [0.15, 0.2) is 0 Å². The highest BCUT2D eigenvalue weighted by atomic mass is 19.4. The molecule has 14 heavy (non-hydrogen) atoms. The fourth-order valence-corrected chi connectivity index (χ4v) is 0.645. The first-order valence-corrected chi connectivity index (χ1v) is 4.00. The summed E-state index contributed by atoms with van der Waals surface area (Å²) in [7, 11) is 0. The number of carbonyl (C=O) groups excluding carboxylic acids is 1. The van der Waals surface area contributed by atoms with E-state index in [0.717, 1.165) is 0 Å². The van der Waals surface area contributed by atoms with Crippen molar-refractivity contribution < 1.29 is 22.7 Å². The van der Waals surface area contributed by atoms with Crippen molar-refractivity contribution in [2.45, 2.75) is 13.1 Å². The number of allylic oxidation sites excluding steroid dienone is 1. The topological polar surface area (TPSA) is 38.3 Å². The Hall–Kier alpha value is -1.04. The van der Waals surface area contributed by atoms with E-state index < -0.39 is 12.8 Å². The average Bonchev–Trinajstić information content (AvgIpc) is 2.02. The largest absolute Gasteiger partial charge is 0.411 e. The fourth-order valence-electron chi connectivity index (χ4n) is 0.645. The summed E-state index contributed by atoms with van der Waals surface area (Å²) in [5.41, 5.74) is 0. The molecule has 0 saturated heterocycles. The first-order chi connectivity index (χ1) is 6.45. The summed E-state index contributed by atoms with van der Waals surface area (Å²) >= 11 is 0. The highest BCUT2D eigenvalue weighted by Crippen LogP contribution is 2.13. The summed E-state index contributed by atoms with van der Waals surface area (Å²) < 4.78 is 38.9. The molecule has 0 saturated carbocycles. The lowest BCUT2D eigenvalue weighted by Gasteiger charge is -2.07. The molecule has 6 heteroatoms. The number of nitrogens with one attached hydrogen (secondary N) is 1. The lowest BCUT2D eigenvalue weighted by Crippen LogP contribution is -2.27. The summed E-state index contributed by atoms with van der Waals surface area (Å²) in [5.74, 6) is -0.344. The Morgan fingerprint density at radius 2 is 2.14 bits per heavy atom. The van der Waals surface area contributed by atoms with Gasteiger partial charge in [-0.2, -0.15) is 13.2 Å². The van der Waals surface area contributed by atoms with Crippen LogP contribution in [0.5, 0.6) is 0 Å². The summed E-state index contributed by atoms with van der Waals surface area (Å²) in [5, 5.41) is 2.35. The predicted molar refractivity (Wildman–Crippen MR) is 44.7 cm³/mol. The van der Waals surface area contributed by atoms with Gasteiger partial charge in [-0.1, -0.05) is 6.08 Å². The molecule has 82 valence electrons. The first kappa shape index (κ1) is 13.0. The summed E-state index contributed by atoms with van der Waals surface area (Å²) in [6.07, 6.45) is -1.50. The molecule has 0 unspecified atom stereocenters. The molecule has 0 rings (SSSR count). The SMILES string of the molecule is CC=CC(=O)NCCOCC(F)(F)F. The molecule has 0 aromatic carbocycles. The molecule has 0 bridgehead atoms. The number of ether oxygens (including phenoxy) is 1. The Labute approximate surface area is 79.9 Å². The zero-order chi connectivity index (χ0) is 11.0. The number of hydrogen-bond acceptors (Lipinski definition) is 2. The number of amides is 1. The molecule has 0 aliphatic carbocycles. The molecule has 1 N–H and O–H groups in total. The molecular formula is C8H12F3NO2. The minimum absolute atomic E-state index is 0.0687. The third-order valence-corrected chi connectivity index (χ3v) is 1.13. The van der Waals surface area contributed by atoms with Crippen LogP contribution in [-0.4, -0.2) is 31.8 Å². The molecule has 1 amide bonds. The van der Waals surface area contributed by atoms with Crippen LogP contribution < -0.4 is 5.32 Å². The summed E-state index contributed by atoms with van der Waals surface area (Å²) in [6.45, 7) is 0.300. The number of rotatable bonds is 5. The fraction of sp³-hybridized carbons (Fsp3) is 0.625. The molecule has 0 spiro atoms. The minimum atomic E-state index is -4.31. The molecule has 0 aliphatic heterocycles. The van der Waals surface area contributed by atoms with E-state index in [9.17, 15) is 18.0 Å². The molecule has 0 aliphatic rings. The second-order valence-electron chi connectivity index (χ2n) is 2.46. The Morgan fingerprint density at radius 3 is 2.64 bits per heavy atom. The van der Waals surface area contributed by atoms with E-state index in [2.05, 4.69) is 10.1 Å². The van der Waals surface area contributed by atoms with Crippen LogP contribution in [0.3, 0.4) is 0 Å². The van der Waals surface area contributed by atoms with Gasteiger partial charge in [0.1, 0.15) is 6.61 Å². The van der Waals surface area contributed by atoms with Crippen LogP contribution in [0.2, 0.25) is 0 Å². The summed E-state index contributed by atoms with van der Waals surface area (Å²) in [6, 6.07) is 0. The Morgan fingerprint density at radius 1 is 1.50 bits per heavy atom. The van der Waals surface area contributed by atoms with Crippen LogP contribution in [0, 0.1) is 0 Å². The normalized spacial score (nSPS) is 12.0. The van der Waals surface area contributed by atoms with Gasteiger partial charge in [0.05, 0.1) is 6.61 Å². The smallest absolute Gasteiger partial charge is 0.370 e. The Kier molecular flexibility index (Phi) is 5.94. The average molecular weight is 211 g/mol. The van der Waals surface area contributed by atoms with Crippen LogP contribution >= 0.6 is 0 Å². The van der Waals surface area contributed by atoms with E-state index in [1.807, 2.05) is 0 Å². The lowest BCUT2D eigenvalue weighted by atomic mass is 10.5. The van der Waals surface area contributed by atoms with Crippen molar-refractivity contribution in [3.63, 3.8) is 0 Å². The van der Waals surface area contributed by atoms with Gasteiger partial charge in [-0.3, -0.25) is 4.79 Å². The van der Waals surface area contributed by atoms with Crippen molar-refractivity contribution in [3.8, 4) is 0 Å². The summed E-state index contributed by atoms with van der Waals surface area (Å²) in [4.78, 5) is 10.7. The van der Waals surface area contributed by atoms with Crippen molar-refractivity contribution in [1.82, 2.24) is 5.32 Å². The van der Waals surface area contributed by atoms with E-state index in [1.54, 1.807) is 6.92 Å². The van der Waals surface area contributed by atoms with Gasteiger partial charge in [0.25, 0.3) is 0 Å². The highest BCUT2D eigenvalue weighted by molar-refractivity contribution is 5.87. The van der Waals surface area contributed by atoms with Crippen molar-refractivity contribution in [3.05, 3.63) is 12.2 Å². The van der Waals surface area contributed by atoms with Crippen LogP contribution in [-0.2, 0) is 9.53 Å². The molecule has 0 fully saturated rings. The predicted octanol–water partition coefficient (Wildman–Crippen LogP) is 1.26. The second kappa shape index (κ2) is 6.42. The van der Waals surface area contributed by atoms with Gasteiger partial charge in [-0.15, -0.1) is 0 Å². The van der Waals surface area contributed by atoms with Gasteiger partial charge in [-0.25, -0.2) is 0 Å². The quantitative estimate of drug-likeness (QED) is 0.549. The number of hydrogen-bond donors (Lipinski definition) is 1. The maximum absolute atomic E-state index is 11.5. The zero-order valence-corrected chi connectivity index (χ0v) is 7.73. The van der Waals surface area contributed by atoms with E-state index in [1.165, 1.54) is 12.2 Å². The van der Waals surface area contributed by atoms with Gasteiger partial charge < -0.3 is 10.1 Å². The van der Waals surface area contributed by atoms with Gasteiger partial charge in [0, 0.05) is 6.54 Å². The van der Waals surface area contributed by atoms with E-state index >= 15 is 0 Å². The van der Waals surface area contributed by atoms with Crippen LogP contribution in [0.1, 0.15) is 6.92 Å². The molecular weight excluding hydrogens is 199 g/mol. The van der Waals surface area contributed by atoms with Crippen molar-refractivity contribution in [2.24, 2.45) is 0 Å². The number of halogens is 3. The third-order valence-electron chi connectivity index (χ3n) is 1.13. The van der Waals surface area contributed by atoms with E-state index in [4.69, 9.17) is 0 Å². The Bertz CT molecular complexity index is 201. The highest BCUT2D eigenvalue weighted by Gasteiger charge is 2.27. The van der Waals surface area contributed by atoms with Crippen molar-refractivity contribution in [2.75, 3.05) is 19.8 Å².